The number of aliphatic hydroxyl groups is 1. The maximum absolute atomic E-state index is 9.46. The summed E-state index contributed by atoms with van der Waals surface area (Å²) < 4.78 is 1.06. The van der Waals surface area contributed by atoms with Crippen LogP contribution in [0.5, 0.6) is 0 Å². The molecule has 0 saturated heterocycles. The minimum absolute atomic E-state index is 0.196. The number of rotatable bonds is 4. The smallest absolute Gasteiger partial charge is 0.0635 e. The Hall–Kier alpha value is -0.540. The van der Waals surface area contributed by atoms with Crippen molar-refractivity contribution in [3.63, 3.8) is 0 Å². The topological polar surface area (TPSA) is 32.3 Å². The fourth-order valence-electron chi connectivity index (χ4n) is 2.45. The molecule has 2 rings (SSSR count). The maximum Gasteiger partial charge on any atom is 0.0635 e. The van der Waals surface area contributed by atoms with E-state index in [2.05, 4.69) is 21.2 Å². The van der Waals surface area contributed by atoms with Gasteiger partial charge < -0.3 is 10.4 Å². The fourth-order valence-corrected chi connectivity index (χ4v) is 2.85. The van der Waals surface area contributed by atoms with Crippen LogP contribution in [0, 0.1) is 5.92 Å². The van der Waals surface area contributed by atoms with Gasteiger partial charge in [-0.3, -0.25) is 0 Å². The lowest BCUT2D eigenvalue weighted by atomic mass is 9.98. The third kappa shape index (κ3) is 2.77. The Bertz CT molecular complexity index is 336. The molecule has 3 heteroatoms. The van der Waals surface area contributed by atoms with Crippen molar-refractivity contribution in [3.8, 4) is 0 Å². The predicted octanol–water partition coefficient (Wildman–Crippen LogP) is 3.41. The van der Waals surface area contributed by atoms with Gasteiger partial charge in [-0.05, 0) is 46.8 Å². The van der Waals surface area contributed by atoms with Crippen LogP contribution in [-0.4, -0.2) is 17.8 Å². The van der Waals surface area contributed by atoms with Gasteiger partial charge in [-0.1, -0.05) is 25.0 Å². The first kappa shape index (κ1) is 11.9. The molecule has 1 aromatic rings. The van der Waals surface area contributed by atoms with Crippen molar-refractivity contribution in [2.24, 2.45) is 5.92 Å². The summed E-state index contributed by atoms with van der Waals surface area (Å²) >= 11 is 3.52. The first-order valence-electron chi connectivity index (χ1n) is 5.93. The summed E-state index contributed by atoms with van der Waals surface area (Å²) in [6.07, 6.45) is 5.09. The van der Waals surface area contributed by atoms with Crippen molar-refractivity contribution in [2.45, 2.75) is 31.7 Å². The van der Waals surface area contributed by atoms with Gasteiger partial charge in [-0.25, -0.2) is 0 Å². The largest absolute Gasteiger partial charge is 0.394 e. The zero-order valence-electron chi connectivity index (χ0n) is 9.32. The maximum atomic E-state index is 9.46. The molecule has 0 aliphatic heterocycles. The number of benzene rings is 1. The van der Waals surface area contributed by atoms with Gasteiger partial charge in [0.15, 0.2) is 0 Å². The molecule has 2 nitrogen and oxygen atoms in total. The average molecular weight is 284 g/mol. The second-order valence-corrected chi connectivity index (χ2v) is 5.31. The van der Waals surface area contributed by atoms with Gasteiger partial charge >= 0.3 is 0 Å². The molecule has 1 unspecified atom stereocenters. The minimum Gasteiger partial charge on any atom is -0.394 e. The highest BCUT2D eigenvalue weighted by Crippen LogP contribution is 2.31. The van der Waals surface area contributed by atoms with Crippen LogP contribution in [0.25, 0.3) is 0 Å². The van der Waals surface area contributed by atoms with Crippen LogP contribution in [-0.2, 0) is 0 Å². The molecule has 1 aliphatic carbocycles. The number of halogens is 1. The standard InChI is InChI=1S/C13H18BrNO/c14-11-7-3-4-8-12(11)15-13(9-16)10-5-1-2-6-10/h3-4,7-8,10,13,15-16H,1-2,5-6,9H2. The summed E-state index contributed by atoms with van der Waals surface area (Å²) in [7, 11) is 0. The Morgan fingerprint density at radius 1 is 1.31 bits per heavy atom. The monoisotopic (exact) mass is 283 g/mol. The fraction of sp³-hybridized carbons (Fsp3) is 0.538. The van der Waals surface area contributed by atoms with E-state index in [1.54, 1.807) is 0 Å². The highest BCUT2D eigenvalue weighted by Gasteiger charge is 2.24. The van der Waals surface area contributed by atoms with E-state index in [4.69, 9.17) is 0 Å². The van der Waals surface area contributed by atoms with Gasteiger partial charge in [0.1, 0.15) is 0 Å². The lowest BCUT2D eigenvalue weighted by Gasteiger charge is -2.24. The molecule has 1 atom stereocenters. The second-order valence-electron chi connectivity index (χ2n) is 4.46. The third-order valence-electron chi connectivity index (χ3n) is 3.38. The van der Waals surface area contributed by atoms with E-state index in [1.165, 1.54) is 25.7 Å². The Balaban J connectivity index is 2.03. The van der Waals surface area contributed by atoms with E-state index >= 15 is 0 Å². The van der Waals surface area contributed by atoms with Crippen molar-refractivity contribution >= 4 is 21.6 Å². The first-order chi connectivity index (χ1) is 7.81. The molecule has 1 fully saturated rings. The number of hydrogen-bond acceptors (Lipinski definition) is 2. The molecule has 1 aromatic carbocycles. The van der Waals surface area contributed by atoms with Gasteiger partial charge in [0, 0.05) is 10.2 Å². The molecular weight excluding hydrogens is 266 g/mol. The Morgan fingerprint density at radius 2 is 2.00 bits per heavy atom. The summed E-state index contributed by atoms with van der Waals surface area (Å²) in [4.78, 5) is 0. The van der Waals surface area contributed by atoms with Crippen molar-refractivity contribution in [3.05, 3.63) is 28.7 Å². The molecule has 0 heterocycles. The second kappa shape index (κ2) is 5.69. The van der Waals surface area contributed by atoms with Gasteiger partial charge in [0.25, 0.3) is 0 Å². The van der Waals surface area contributed by atoms with E-state index in [0.717, 1.165) is 10.2 Å². The van der Waals surface area contributed by atoms with Crippen LogP contribution in [0.2, 0.25) is 0 Å². The number of hydrogen-bond donors (Lipinski definition) is 2. The number of para-hydroxylation sites is 1. The molecule has 1 saturated carbocycles. The van der Waals surface area contributed by atoms with Crippen LogP contribution in [0.4, 0.5) is 5.69 Å². The van der Waals surface area contributed by atoms with Crippen molar-refractivity contribution in [1.82, 2.24) is 0 Å². The van der Waals surface area contributed by atoms with E-state index in [9.17, 15) is 5.11 Å². The van der Waals surface area contributed by atoms with Crippen LogP contribution in [0.1, 0.15) is 25.7 Å². The Labute approximate surface area is 105 Å². The highest BCUT2D eigenvalue weighted by molar-refractivity contribution is 9.10. The third-order valence-corrected chi connectivity index (χ3v) is 4.07. The van der Waals surface area contributed by atoms with Crippen LogP contribution >= 0.6 is 15.9 Å². The van der Waals surface area contributed by atoms with Crippen molar-refractivity contribution < 1.29 is 5.11 Å². The molecule has 1 aliphatic rings. The summed E-state index contributed by atoms with van der Waals surface area (Å²) in [6.45, 7) is 0.214. The minimum atomic E-state index is 0.196. The molecule has 0 radical (unpaired) electrons. The van der Waals surface area contributed by atoms with E-state index < -0.39 is 0 Å². The molecule has 0 amide bonds. The van der Waals surface area contributed by atoms with Gasteiger partial charge in [-0.2, -0.15) is 0 Å². The molecule has 2 N–H and O–H groups in total. The SMILES string of the molecule is OCC(Nc1ccccc1Br)C1CCCC1. The van der Waals surface area contributed by atoms with Crippen LogP contribution in [0.15, 0.2) is 28.7 Å². The normalized spacial score (nSPS) is 18.6. The molecule has 0 spiro atoms. The number of nitrogens with one attached hydrogen (secondary N) is 1. The van der Waals surface area contributed by atoms with Crippen molar-refractivity contribution in [2.75, 3.05) is 11.9 Å². The van der Waals surface area contributed by atoms with E-state index in [-0.39, 0.29) is 12.6 Å². The summed E-state index contributed by atoms with van der Waals surface area (Å²) in [5, 5.41) is 12.9. The van der Waals surface area contributed by atoms with Crippen LogP contribution in [0.3, 0.4) is 0 Å². The molecule has 88 valence electrons. The van der Waals surface area contributed by atoms with E-state index in [0.29, 0.717) is 5.92 Å². The number of aliphatic hydroxyl groups excluding tert-OH is 1. The van der Waals surface area contributed by atoms with Gasteiger partial charge in [0.05, 0.1) is 12.6 Å². The lowest BCUT2D eigenvalue weighted by molar-refractivity contribution is 0.238. The molecule has 0 bridgehead atoms. The Morgan fingerprint density at radius 3 is 2.62 bits per heavy atom. The zero-order chi connectivity index (χ0) is 11.4. The predicted molar refractivity (Wildman–Crippen MR) is 70.6 cm³/mol. The molecular formula is C13H18BrNO. The molecule has 16 heavy (non-hydrogen) atoms. The van der Waals surface area contributed by atoms with Crippen molar-refractivity contribution in [1.29, 1.82) is 0 Å². The summed E-state index contributed by atoms with van der Waals surface area (Å²) in [5.74, 6) is 0.622. The van der Waals surface area contributed by atoms with E-state index in [1.807, 2.05) is 24.3 Å². The van der Waals surface area contributed by atoms with Gasteiger partial charge in [0.2, 0.25) is 0 Å². The van der Waals surface area contributed by atoms with Gasteiger partial charge in [-0.15, -0.1) is 0 Å². The molecule has 0 aromatic heterocycles. The lowest BCUT2D eigenvalue weighted by Crippen LogP contribution is -2.31. The summed E-state index contributed by atoms with van der Waals surface area (Å²) in [6, 6.07) is 8.27. The Kier molecular flexibility index (Phi) is 4.24. The first-order valence-corrected chi connectivity index (χ1v) is 6.72. The zero-order valence-corrected chi connectivity index (χ0v) is 10.9. The summed E-state index contributed by atoms with van der Waals surface area (Å²) in [5.41, 5.74) is 1.08. The van der Waals surface area contributed by atoms with Crippen LogP contribution < -0.4 is 5.32 Å². The highest BCUT2D eigenvalue weighted by atomic mass is 79.9. The quantitative estimate of drug-likeness (QED) is 0.888. The number of anilines is 1. The average Bonchev–Trinajstić information content (AvgIpc) is 2.81.